The van der Waals surface area contributed by atoms with Crippen LogP contribution < -0.4 is 10.5 Å². The zero-order chi connectivity index (χ0) is 14.2. The van der Waals surface area contributed by atoms with Crippen molar-refractivity contribution in [2.45, 2.75) is 18.4 Å². The fraction of sp³-hybridized carbons (Fsp3) is 0.250. The molecule has 0 spiro atoms. The molecule has 2 aromatic carbocycles. The predicted octanol–water partition coefficient (Wildman–Crippen LogP) is 4.17. The van der Waals surface area contributed by atoms with Crippen molar-refractivity contribution in [2.24, 2.45) is 5.73 Å². The van der Waals surface area contributed by atoms with Crippen molar-refractivity contribution in [1.82, 2.24) is 0 Å². The number of nitrogens with two attached hydrogens (primary N) is 1. The van der Waals surface area contributed by atoms with Crippen LogP contribution in [0.1, 0.15) is 17.5 Å². The lowest BCUT2D eigenvalue weighted by Gasteiger charge is -2.36. The van der Waals surface area contributed by atoms with Crippen molar-refractivity contribution in [3.8, 4) is 5.75 Å². The molecule has 2 N–H and O–H groups in total. The molecule has 1 aliphatic heterocycles. The van der Waals surface area contributed by atoms with Gasteiger partial charge in [-0.2, -0.15) is 0 Å². The highest BCUT2D eigenvalue weighted by Gasteiger charge is 2.34. The first-order valence-electron chi connectivity index (χ1n) is 6.54. The Morgan fingerprint density at radius 2 is 1.95 bits per heavy atom. The smallest absolute Gasteiger partial charge is 0.124 e. The van der Waals surface area contributed by atoms with Gasteiger partial charge in [0.15, 0.2) is 0 Å². The maximum absolute atomic E-state index is 6.64. The molecule has 1 heterocycles. The molecule has 0 bridgehead atoms. The second-order valence-corrected chi connectivity index (χ2v) is 6.01. The zero-order valence-electron chi connectivity index (χ0n) is 10.9. The van der Waals surface area contributed by atoms with E-state index in [0.29, 0.717) is 23.1 Å². The van der Waals surface area contributed by atoms with Crippen LogP contribution in [0.25, 0.3) is 0 Å². The molecule has 0 amide bonds. The Labute approximate surface area is 128 Å². The second kappa shape index (κ2) is 5.28. The first-order valence-corrected chi connectivity index (χ1v) is 7.29. The van der Waals surface area contributed by atoms with E-state index in [4.69, 9.17) is 33.7 Å². The molecule has 4 heteroatoms. The van der Waals surface area contributed by atoms with Gasteiger partial charge in [-0.3, -0.25) is 0 Å². The predicted molar refractivity (Wildman–Crippen MR) is 82.6 cm³/mol. The molecule has 2 nitrogen and oxygen atoms in total. The highest BCUT2D eigenvalue weighted by molar-refractivity contribution is 6.35. The maximum atomic E-state index is 6.64. The highest BCUT2D eigenvalue weighted by Crippen LogP contribution is 2.38. The average molecular weight is 308 g/mol. The van der Waals surface area contributed by atoms with Crippen LogP contribution in [0.4, 0.5) is 0 Å². The van der Waals surface area contributed by atoms with Crippen LogP contribution in [-0.4, -0.2) is 6.61 Å². The van der Waals surface area contributed by atoms with E-state index in [-0.39, 0.29) is 0 Å². The van der Waals surface area contributed by atoms with E-state index in [1.165, 1.54) is 0 Å². The molecule has 0 fully saturated rings. The number of hydrogen-bond donors (Lipinski definition) is 1. The minimum absolute atomic E-state index is 0.452. The van der Waals surface area contributed by atoms with Gasteiger partial charge < -0.3 is 10.5 Å². The van der Waals surface area contributed by atoms with Crippen LogP contribution in [0.15, 0.2) is 42.5 Å². The summed E-state index contributed by atoms with van der Waals surface area (Å²) in [6.07, 6.45) is 1.44. The van der Waals surface area contributed by atoms with Gasteiger partial charge in [0.25, 0.3) is 0 Å². The van der Waals surface area contributed by atoms with Gasteiger partial charge in [-0.1, -0.05) is 47.5 Å². The largest absolute Gasteiger partial charge is 0.493 e. The van der Waals surface area contributed by atoms with Crippen LogP contribution in [-0.2, 0) is 12.0 Å². The Morgan fingerprint density at radius 1 is 1.15 bits per heavy atom. The molecule has 3 rings (SSSR count). The van der Waals surface area contributed by atoms with Crippen molar-refractivity contribution in [3.05, 3.63) is 63.6 Å². The van der Waals surface area contributed by atoms with Crippen molar-refractivity contribution in [1.29, 1.82) is 0 Å². The summed E-state index contributed by atoms with van der Waals surface area (Å²) in [7, 11) is 0. The topological polar surface area (TPSA) is 35.2 Å². The van der Waals surface area contributed by atoms with E-state index in [1.54, 1.807) is 6.07 Å². The molecule has 0 saturated heterocycles. The Morgan fingerprint density at radius 3 is 2.75 bits per heavy atom. The highest BCUT2D eigenvalue weighted by atomic mass is 35.5. The fourth-order valence-corrected chi connectivity index (χ4v) is 3.15. The van der Waals surface area contributed by atoms with Gasteiger partial charge in [-0.05, 0) is 30.2 Å². The minimum Gasteiger partial charge on any atom is -0.493 e. The third kappa shape index (κ3) is 2.51. The second-order valence-electron chi connectivity index (χ2n) is 5.16. The molecule has 1 atom stereocenters. The number of ether oxygens (including phenoxy) is 1. The van der Waals surface area contributed by atoms with E-state index in [1.807, 2.05) is 36.4 Å². The third-order valence-corrected chi connectivity index (χ3v) is 4.34. The molecule has 1 unspecified atom stereocenters. The quantitative estimate of drug-likeness (QED) is 0.903. The Hall–Kier alpha value is -1.22. The number of benzene rings is 2. The number of hydrogen-bond acceptors (Lipinski definition) is 2. The van der Waals surface area contributed by atoms with Gasteiger partial charge in [0.05, 0.1) is 12.1 Å². The number of halogens is 2. The van der Waals surface area contributed by atoms with Gasteiger partial charge in [0.2, 0.25) is 0 Å². The van der Waals surface area contributed by atoms with Gasteiger partial charge in [-0.15, -0.1) is 0 Å². The SMILES string of the molecule is NC1(Cc2ccc(Cl)cc2Cl)CCOc2ccccc21. The Kier molecular flexibility index (Phi) is 3.63. The number of fused-ring (bicyclic) bond motifs is 1. The van der Waals surface area contributed by atoms with Crippen molar-refractivity contribution < 1.29 is 4.74 Å². The van der Waals surface area contributed by atoms with Crippen molar-refractivity contribution >= 4 is 23.2 Å². The lowest BCUT2D eigenvalue weighted by Crippen LogP contribution is -2.43. The van der Waals surface area contributed by atoms with Crippen molar-refractivity contribution in [2.75, 3.05) is 6.61 Å². The van der Waals surface area contributed by atoms with Crippen LogP contribution in [0.5, 0.6) is 5.75 Å². The lowest BCUT2D eigenvalue weighted by atomic mass is 9.80. The average Bonchev–Trinajstić information content (AvgIpc) is 2.43. The molecule has 0 radical (unpaired) electrons. The molecule has 1 aliphatic rings. The summed E-state index contributed by atoms with van der Waals surface area (Å²) >= 11 is 12.2. The van der Waals surface area contributed by atoms with E-state index >= 15 is 0 Å². The molecule has 2 aromatic rings. The molecule has 0 aromatic heterocycles. The van der Waals surface area contributed by atoms with Gasteiger partial charge in [0, 0.05) is 22.0 Å². The Bertz CT molecular complexity index is 644. The monoisotopic (exact) mass is 307 g/mol. The van der Waals surface area contributed by atoms with Crippen LogP contribution in [0.2, 0.25) is 10.0 Å². The van der Waals surface area contributed by atoms with Crippen molar-refractivity contribution in [3.63, 3.8) is 0 Å². The maximum Gasteiger partial charge on any atom is 0.124 e. The molecule has 104 valence electrons. The summed E-state index contributed by atoms with van der Waals surface area (Å²) in [6.45, 7) is 0.624. The van der Waals surface area contributed by atoms with E-state index in [0.717, 1.165) is 23.3 Å². The number of rotatable bonds is 2. The first kappa shape index (κ1) is 13.7. The minimum atomic E-state index is -0.452. The van der Waals surface area contributed by atoms with Crippen LogP contribution in [0, 0.1) is 0 Å². The molecular weight excluding hydrogens is 293 g/mol. The van der Waals surface area contributed by atoms with Gasteiger partial charge >= 0.3 is 0 Å². The molecular formula is C16H15Cl2NO. The fourth-order valence-electron chi connectivity index (χ4n) is 2.67. The van der Waals surface area contributed by atoms with Gasteiger partial charge in [0.1, 0.15) is 5.75 Å². The summed E-state index contributed by atoms with van der Waals surface area (Å²) in [4.78, 5) is 0. The molecule has 0 aliphatic carbocycles. The van der Waals surface area contributed by atoms with Crippen LogP contribution in [0.3, 0.4) is 0 Å². The summed E-state index contributed by atoms with van der Waals surface area (Å²) in [5, 5.41) is 1.29. The van der Waals surface area contributed by atoms with E-state index < -0.39 is 5.54 Å². The first-order chi connectivity index (χ1) is 9.58. The summed E-state index contributed by atoms with van der Waals surface area (Å²) in [5.41, 5.74) is 8.23. The summed E-state index contributed by atoms with van der Waals surface area (Å²) < 4.78 is 5.67. The standard InChI is InChI=1S/C16H15Cl2NO/c17-12-6-5-11(14(18)9-12)10-16(19)7-8-20-15-4-2-1-3-13(15)16/h1-6,9H,7-8,10,19H2. The van der Waals surface area contributed by atoms with E-state index in [9.17, 15) is 0 Å². The number of para-hydroxylation sites is 1. The normalized spacial score (nSPS) is 21.1. The summed E-state index contributed by atoms with van der Waals surface area (Å²) in [6, 6.07) is 13.5. The Balaban J connectivity index is 1.98. The van der Waals surface area contributed by atoms with Crippen LogP contribution >= 0.6 is 23.2 Å². The lowest BCUT2D eigenvalue weighted by molar-refractivity contribution is 0.215. The molecule has 0 saturated carbocycles. The van der Waals surface area contributed by atoms with E-state index in [2.05, 4.69) is 0 Å². The van der Waals surface area contributed by atoms with Gasteiger partial charge in [-0.25, -0.2) is 0 Å². The molecule has 20 heavy (non-hydrogen) atoms. The summed E-state index contributed by atoms with van der Waals surface area (Å²) in [5.74, 6) is 0.867. The zero-order valence-corrected chi connectivity index (χ0v) is 12.4. The third-order valence-electron chi connectivity index (χ3n) is 3.75.